The standard InChI is InChI=1S/C20H20N4O2/c1-14-5-7-16(8-6-14)20(25)24-13-3-2-4-17(24)19-23-22-18(26-19)15-9-11-21-12-10-15/h5-12,17H,2-4,13H2,1H3/t17-/m0/s1. The molecule has 0 N–H and O–H groups in total. The number of benzene rings is 1. The third-order valence-electron chi connectivity index (χ3n) is 4.72. The first-order valence-corrected chi connectivity index (χ1v) is 8.84. The summed E-state index contributed by atoms with van der Waals surface area (Å²) in [6.07, 6.45) is 6.23. The molecule has 1 aliphatic heterocycles. The number of hydrogen-bond acceptors (Lipinski definition) is 5. The van der Waals surface area contributed by atoms with Crippen molar-refractivity contribution in [2.24, 2.45) is 0 Å². The van der Waals surface area contributed by atoms with E-state index in [1.54, 1.807) is 12.4 Å². The molecule has 0 bridgehead atoms. The maximum absolute atomic E-state index is 13.0. The van der Waals surface area contributed by atoms with Gasteiger partial charge in [0.25, 0.3) is 5.91 Å². The van der Waals surface area contributed by atoms with E-state index in [1.807, 2.05) is 48.2 Å². The fraction of sp³-hybridized carbons (Fsp3) is 0.300. The fourth-order valence-electron chi connectivity index (χ4n) is 3.27. The molecule has 0 spiro atoms. The van der Waals surface area contributed by atoms with Crippen LogP contribution >= 0.6 is 0 Å². The zero-order valence-electron chi connectivity index (χ0n) is 14.6. The largest absolute Gasteiger partial charge is 0.418 e. The molecule has 1 atom stereocenters. The molecule has 132 valence electrons. The highest BCUT2D eigenvalue weighted by atomic mass is 16.4. The Hall–Kier alpha value is -3.02. The molecule has 3 aromatic rings. The number of piperidine rings is 1. The Labute approximate surface area is 151 Å². The van der Waals surface area contributed by atoms with Crippen molar-refractivity contribution in [3.63, 3.8) is 0 Å². The third-order valence-corrected chi connectivity index (χ3v) is 4.72. The molecule has 0 unspecified atom stereocenters. The molecule has 1 aromatic carbocycles. The first-order valence-electron chi connectivity index (χ1n) is 8.84. The van der Waals surface area contributed by atoms with Gasteiger partial charge >= 0.3 is 0 Å². The molecule has 1 fully saturated rings. The molecule has 6 heteroatoms. The number of nitrogens with zero attached hydrogens (tertiary/aromatic N) is 4. The zero-order chi connectivity index (χ0) is 17.9. The van der Waals surface area contributed by atoms with Gasteiger partial charge in [-0.3, -0.25) is 9.78 Å². The summed E-state index contributed by atoms with van der Waals surface area (Å²) in [4.78, 5) is 18.9. The molecule has 1 aliphatic rings. The van der Waals surface area contributed by atoms with E-state index in [0.29, 0.717) is 23.9 Å². The highest BCUT2D eigenvalue weighted by molar-refractivity contribution is 5.94. The van der Waals surface area contributed by atoms with E-state index in [4.69, 9.17) is 4.42 Å². The molecule has 0 aliphatic carbocycles. The second-order valence-electron chi connectivity index (χ2n) is 6.56. The van der Waals surface area contributed by atoms with Crippen LogP contribution < -0.4 is 0 Å². The lowest BCUT2D eigenvalue weighted by Gasteiger charge is -2.33. The lowest BCUT2D eigenvalue weighted by Crippen LogP contribution is -2.38. The summed E-state index contributed by atoms with van der Waals surface area (Å²) in [7, 11) is 0. The molecule has 3 heterocycles. The van der Waals surface area contributed by atoms with Gasteiger partial charge in [0.05, 0.1) is 0 Å². The molecular weight excluding hydrogens is 328 g/mol. The van der Waals surface area contributed by atoms with E-state index >= 15 is 0 Å². The lowest BCUT2D eigenvalue weighted by atomic mass is 10.0. The van der Waals surface area contributed by atoms with Gasteiger partial charge in [-0.15, -0.1) is 10.2 Å². The quantitative estimate of drug-likeness (QED) is 0.720. The van der Waals surface area contributed by atoms with Gasteiger partial charge in [-0.25, -0.2) is 0 Å². The molecule has 0 saturated carbocycles. The number of aryl methyl sites for hydroxylation is 1. The van der Waals surface area contributed by atoms with Crippen LogP contribution in [0.3, 0.4) is 0 Å². The Morgan fingerprint density at radius 1 is 1.08 bits per heavy atom. The number of carbonyl (C=O) groups excluding carboxylic acids is 1. The van der Waals surface area contributed by atoms with Crippen molar-refractivity contribution in [3.05, 3.63) is 65.8 Å². The summed E-state index contributed by atoms with van der Waals surface area (Å²) < 4.78 is 5.90. The highest BCUT2D eigenvalue weighted by Gasteiger charge is 2.32. The van der Waals surface area contributed by atoms with E-state index < -0.39 is 0 Å². The van der Waals surface area contributed by atoms with Crippen molar-refractivity contribution in [1.82, 2.24) is 20.1 Å². The first-order chi connectivity index (χ1) is 12.7. The third kappa shape index (κ3) is 3.22. The van der Waals surface area contributed by atoms with E-state index in [-0.39, 0.29) is 11.9 Å². The van der Waals surface area contributed by atoms with Gasteiger partial charge in [-0.05, 0) is 50.5 Å². The molecule has 4 rings (SSSR count). The maximum Gasteiger partial charge on any atom is 0.254 e. The van der Waals surface area contributed by atoms with E-state index in [0.717, 1.165) is 30.4 Å². The fourth-order valence-corrected chi connectivity index (χ4v) is 3.27. The summed E-state index contributed by atoms with van der Waals surface area (Å²) in [6, 6.07) is 11.1. The number of likely N-dealkylation sites (tertiary alicyclic amines) is 1. The van der Waals surface area contributed by atoms with Crippen molar-refractivity contribution >= 4 is 5.91 Å². The molecule has 0 radical (unpaired) electrons. The monoisotopic (exact) mass is 348 g/mol. The van der Waals surface area contributed by atoms with Crippen LogP contribution in [0.25, 0.3) is 11.5 Å². The minimum atomic E-state index is -0.180. The maximum atomic E-state index is 13.0. The normalized spacial score (nSPS) is 17.3. The van der Waals surface area contributed by atoms with Crippen molar-refractivity contribution in [1.29, 1.82) is 0 Å². The van der Waals surface area contributed by atoms with Crippen molar-refractivity contribution in [2.45, 2.75) is 32.2 Å². The van der Waals surface area contributed by atoms with Crippen LogP contribution in [0.15, 0.2) is 53.2 Å². The smallest absolute Gasteiger partial charge is 0.254 e. The number of carbonyl (C=O) groups is 1. The topological polar surface area (TPSA) is 72.1 Å². The van der Waals surface area contributed by atoms with E-state index in [9.17, 15) is 4.79 Å². The molecule has 26 heavy (non-hydrogen) atoms. The minimum Gasteiger partial charge on any atom is -0.418 e. The van der Waals surface area contributed by atoms with Crippen LogP contribution in [-0.4, -0.2) is 32.5 Å². The molecule has 6 nitrogen and oxygen atoms in total. The second-order valence-corrected chi connectivity index (χ2v) is 6.56. The average molecular weight is 348 g/mol. The van der Waals surface area contributed by atoms with Crippen molar-refractivity contribution in [2.75, 3.05) is 6.54 Å². The van der Waals surface area contributed by atoms with Gasteiger partial charge in [-0.1, -0.05) is 17.7 Å². The van der Waals surface area contributed by atoms with Crippen LogP contribution in [0.1, 0.15) is 47.1 Å². The highest BCUT2D eigenvalue weighted by Crippen LogP contribution is 2.32. The number of pyridine rings is 1. The van der Waals surface area contributed by atoms with Gasteiger partial charge in [0.1, 0.15) is 6.04 Å². The molecule has 1 amide bonds. The van der Waals surface area contributed by atoms with Crippen LogP contribution in [0.4, 0.5) is 0 Å². The Morgan fingerprint density at radius 2 is 1.85 bits per heavy atom. The number of rotatable bonds is 3. The number of amides is 1. The van der Waals surface area contributed by atoms with Crippen LogP contribution in [-0.2, 0) is 0 Å². The minimum absolute atomic E-state index is 0.0124. The number of aromatic nitrogens is 3. The Bertz CT molecular complexity index is 890. The lowest BCUT2D eigenvalue weighted by molar-refractivity contribution is 0.0572. The van der Waals surface area contributed by atoms with Crippen LogP contribution in [0, 0.1) is 6.92 Å². The summed E-state index contributed by atoms with van der Waals surface area (Å²) in [6.45, 7) is 2.71. The van der Waals surface area contributed by atoms with Gasteiger partial charge in [-0.2, -0.15) is 0 Å². The van der Waals surface area contributed by atoms with Crippen molar-refractivity contribution in [3.8, 4) is 11.5 Å². The second kappa shape index (κ2) is 7.07. The van der Waals surface area contributed by atoms with E-state index in [1.165, 1.54) is 0 Å². The average Bonchev–Trinajstić information content (AvgIpc) is 3.19. The van der Waals surface area contributed by atoms with Gasteiger partial charge < -0.3 is 9.32 Å². The SMILES string of the molecule is Cc1ccc(C(=O)N2CCCC[C@H]2c2nnc(-c3ccncc3)o2)cc1. The van der Waals surface area contributed by atoms with Crippen LogP contribution in [0.2, 0.25) is 0 Å². The van der Waals surface area contributed by atoms with Gasteiger partial charge in [0.2, 0.25) is 11.8 Å². The summed E-state index contributed by atoms with van der Waals surface area (Å²) in [5.41, 5.74) is 2.65. The first kappa shape index (κ1) is 16.4. The summed E-state index contributed by atoms with van der Waals surface area (Å²) in [5, 5.41) is 8.38. The van der Waals surface area contributed by atoms with Crippen molar-refractivity contribution < 1.29 is 9.21 Å². The predicted octanol–water partition coefficient (Wildman–Crippen LogP) is 3.81. The molecule has 2 aromatic heterocycles. The summed E-state index contributed by atoms with van der Waals surface area (Å²) >= 11 is 0. The molecule has 1 saturated heterocycles. The Balaban J connectivity index is 1.61. The molecular formula is C20H20N4O2. The van der Waals surface area contributed by atoms with Crippen LogP contribution in [0.5, 0.6) is 0 Å². The van der Waals surface area contributed by atoms with E-state index in [2.05, 4.69) is 15.2 Å². The zero-order valence-corrected chi connectivity index (χ0v) is 14.6. The predicted molar refractivity (Wildman–Crippen MR) is 96.3 cm³/mol. The Morgan fingerprint density at radius 3 is 2.62 bits per heavy atom. The van der Waals surface area contributed by atoms with Gasteiger partial charge in [0.15, 0.2) is 0 Å². The Kier molecular flexibility index (Phi) is 4.48. The number of hydrogen-bond donors (Lipinski definition) is 0. The van der Waals surface area contributed by atoms with Gasteiger partial charge in [0, 0.05) is 30.1 Å². The summed E-state index contributed by atoms with van der Waals surface area (Å²) in [5.74, 6) is 0.964.